The largest absolute Gasteiger partial charge is 0.483 e. The van der Waals surface area contributed by atoms with Gasteiger partial charge in [0.2, 0.25) is 0 Å². The van der Waals surface area contributed by atoms with Crippen LogP contribution in [-0.2, 0) is 4.79 Å². The molecule has 110 valence electrons. The van der Waals surface area contributed by atoms with E-state index in [4.69, 9.17) is 4.74 Å². The van der Waals surface area contributed by atoms with Crippen molar-refractivity contribution >= 4 is 11.6 Å². The smallest absolute Gasteiger partial charge is 0.262 e. The minimum absolute atomic E-state index is 0.0130. The van der Waals surface area contributed by atoms with E-state index >= 15 is 0 Å². The molecule has 1 N–H and O–H groups in total. The molecule has 0 aliphatic rings. The molecule has 2 aromatic carbocycles. The molecule has 0 bridgehead atoms. The number of benzene rings is 2. The van der Waals surface area contributed by atoms with Crippen molar-refractivity contribution in [1.82, 2.24) is 0 Å². The molecule has 0 atom stereocenters. The fourth-order valence-corrected chi connectivity index (χ4v) is 2.21. The fourth-order valence-electron chi connectivity index (χ4n) is 2.21. The zero-order valence-corrected chi connectivity index (χ0v) is 13.0. The molecular formula is C18H21NO2. The molecule has 2 aromatic rings. The number of ether oxygens (including phenoxy) is 1. The zero-order chi connectivity index (χ0) is 15.4. The van der Waals surface area contributed by atoms with Crippen LogP contribution in [0.2, 0.25) is 0 Å². The van der Waals surface area contributed by atoms with Gasteiger partial charge in [0, 0.05) is 5.69 Å². The Labute approximate surface area is 126 Å². The Balaban J connectivity index is 2.00. The van der Waals surface area contributed by atoms with E-state index in [0.717, 1.165) is 33.7 Å². The van der Waals surface area contributed by atoms with Gasteiger partial charge >= 0.3 is 0 Å². The molecule has 0 heterocycles. The van der Waals surface area contributed by atoms with E-state index in [1.54, 1.807) is 0 Å². The quantitative estimate of drug-likeness (QED) is 0.923. The van der Waals surface area contributed by atoms with Crippen molar-refractivity contribution in [2.24, 2.45) is 0 Å². The first-order valence-corrected chi connectivity index (χ1v) is 7.03. The van der Waals surface area contributed by atoms with Crippen molar-refractivity contribution in [3.63, 3.8) is 0 Å². The van der Waals surface area contributed by atoms with Crippen LogP contribution in [0.1, 0.15) is 22.3 Å². The highest BCUT2D eigenvalue weighted by molar-refractivity contribution is 5.91. The average molecular weight is 283 g/mol. The first-order valence-electron chi connectivity index (χ1n) is 7.03. The van der Waals surface area contributed by atoms with Crippen molar-refractivity contribution in [2.45, 2.75) is 27.7 Å². The van der Waals surface area contributed by atoms with E-state index in [1.165, 1.54) is 0 Å². The van der Waals surface area contributed by atoms with E-state index in [1.807, 2.05) is 58.0 Å². The van der Waals surface area contributed by atoms with Crippen molar-refractivity contribution in [3.8, 4) is 5.75 Å². The number of carbonyl (C=O) groups excluding carboxylic acids is 1. The summed E-state index contributed by atoms with van der Waals surface area (Å²) in [6.45, 7) is 8.04. The highest BCUT2D eigenvalue weighted by Gasteiger charge is 2.09. The molecule has 0 aliphatic heterocycles. The molecule has 0 saturated carbocycles. The molecule has 0 radical (unpaired) electrons. The third kappa shape index (κ3) is 3.85. The Hall–Kier alpha value is -2.29. The number of hydrogen-bond donors (Lipinski definition) is 1. The maximum absolute atomic E-state index is 12.0. The topological polar surface area (TPSA) is 38.3 Å². The van der Waals surface area contributed by atoms with E-state index in [0.29, 0.717) is 0 Å². The molecule has 3 heteroatoms. The molecule has 21 heavy (non-hydrogen) atoms. The van der Waals surface area contributed by atoms with Gasteiger partial charge in [-0.3, -0.25) is 4.79 Å². The van der Waals surface area contributed by atoms with Crippen LogP contribution in [0, 0.1) is 27.7 Å². The molecule has 0 spiro atoms. The van der Waals surface area contributed by atoms with Gasteiger partial charge in [0.1, 0.15) is 5.75 Å². The molecule has 0 unspecified atom stereocenters. The van der Waals surface area contributed by atoms with Crippen LogP contribution in [0.3, 0.4) is 0 Å². The summed E-state index contributed by atoms with van der Waals surface area (Å²) in [7, 11) is 0. The second-order valence-electron chi connectivity index (χ2n) is 5.36. The van der Waals surface area contributed by atoms with Crippen LogP contribution in [0.25, 0.3) is 0 Å². The molecule has 2 rings (SSSR count). The summed E-state index contributed by atoms with van der Waals surface area (Å²) >= 11 is 0. The van der Waals surface area contributed by atoms with Crippen molar-refractivity contribution < 1.29 is 9.53 Å². The monoisotopic (exact) mass is 283 g/mol. The lowest BCUT2D eigenvalue weighted by Crippen LogP contribution is -2.20. The number of hydrogen-bond acceptors (Lipinski definition) is 2. The summed E-state index contributed by atoms with van der Waals surface area (Å²) in [5.74, 6) is 0.648. The number of amides is 1. The third-order valence-electron chi connectivity index (χ3n) is 3.52. The van der Waals surface area contributed by atoms with Gasteiger partial charge in [-0.2, -0.15) is 0 Å². The van der Waals surface area contributed by atoms with Gasteiger partial charge < -0.3 is 10.1 Å². The highest BCUT2D eigenvalue weighted by atomic mass is 16.5. The summed E-state index contributed by atoms with van der Waals surface area (Å²) in [5, 5.41) is 2.84. The minimum atomic E-state index is -0.152. The number of nitrogens with one attached hydrogen (secondary N) is 1. The summed E-state index contributed by atoms with van der Waals surface area (Å²) in [5.41, 5.74) is 5.19. The Bertz CT molecular complexity index is 662. The molecule has 0 aliphatic carbocycles. The average Bonchev–Trinajstić information content (AvgIpc) is 2.43. The van der Waals surface area contributed by atoms with Crippen molar-refractivity contribution in [3.05, 3.63) is 58.7 Å². The number of rotatable bonds is 4. The van der Waals surface area contributed by atoms with Gasteiger partial charge in [0.15, 0.2) is 6.61 Å². The Kier molecular flexibility index (Phi) is 4.63. The molecular weight excluding hydrogens is 262 g/mol. The first-order chi connectivity index (χ1) is 9.97. The van der Waals surface area contributed by atoms with Gasteiger partial charge in [-0.15, -0.1) is 0 Å². The van der Waals surface area contributed by atoms with E-state index in [2.05, 4.69) is 11.4 Å². The summed E-state index contributed by atoms with van der Waals surface area (Å²) < 4.78 is 5.70. The third-order valence-corrected chi connectivity index (χ3v) is 3.52. The lowest BCUT2D eigenvalue weighted by molar-refractivity contribution is -0.118. The highest BCUT2D eigenvalue weighted by Crippen LogP contribution is 2.25. The van der Waals surface area contributed by atoms with Gasteiger partial charge in [-0.05, 0) is 62.1 Å². The van der Waals surface area contributed by atoms with Gasteiger partial charge in [0.05, 0.1) is 0 Å². The maximum Gasteiger partial charge on any atom is 0.262 e. The van der Waals surface area contributed by atoms with Crippen molar-refractivity contribution in [1.29, 1.82) is 0 Å². The normalized spacial score (nSPS) is 10.3. The van der Waals surface area contributed by atoms with Crippen LogP contribution in [0.5, 0.6) is 5.75 Å². The summed E-state index contributed by atoms with van der Waals surface area (Å²) in [6, 6.07) is 11.8. The lowest BCUT2D eigenvalue weighted by atomic mass is 10.1. The number of carbonyl (C=O) groups is 1. The number of anilines is 1. The second kappa shape index (κ2) is 6.44. The van der Waals surface area contributed by atoms with Crippen LogP contribution < -0.4 is 10.1 Å². The van der Waals surface area contributed by atoms with E-state index in [-0.39, 0.29) is 12.5 Å². The van der Waals surface area contributed by atoms with Crippen LogP contribution >= 0.6 is 0 Å². The SMILES string of the molecule is Cc1cccc(NC(=O)COc2c(C)ccc(C)c2C)c1. The molecule has 0 fully saturated rings. The predicted octanol–water partition coefficient (Wildman–Crippen LogP) is 3.94. The zero-order valence-electron chi connectivity index (χ0n) is 13.0. The number of aryl methyl sites for hydroxylation is 3. The van der Waals surface area contributed by atoms with E-state index < -0.39 is 0 Å². The lowest BCUT2D eigenvalue weighted by Gasteiger charge is -2.14. The second-order valence-corrected chi connectivity index (χ2v) is 5.36. The molecule has 0 aromatic heterocycles. The standard InChI is InChI=1S/C18H21NO2/c1-12-6-5-7-16(10-12)19-17(20)11-21-18-14(3)9-8-13(2)15(18)4/h5-10H,11H2,1-4H3,(H,19,20). The summed E-state index contributed by atoms with van der Waals surface area (Å²) in [4.78, 5) is 12.0. The van der Waals surface area contributed by atoms with Gasteiger partial charge in [-0.25, -0.2) is 0 Å². The van der Waals surface area contributed by atoms with Crippen LogP contribution in [0.15, 0.2) is 36.4 Å². The van der Waals surface area contributed by atoms with Crippen LogP contribution in [-0.4, -0.2) is 12.5 Å². The molecule has 0 saturated heterocycles. The predicted molar refractivity (Wildman–Crippen MR) is 86.0 cm³/mol. The Morgan fingerprint density at radius 2 is 1.76 bits per heavy atom. The molecule has 3 nitrogen and oxygen atoms in total. The Morgan fingerprint density at radius 1 is 1.05 bits per heavy atom. The fraction of sp³-hybridized carbons (Fsp3) is 0.278. The van der Waals surface area contributed by atoms with E-state index in [9.17, 15) is 4.79 Å². The Morgan fingerprint density at radius 3 is 2.48 bits per heavy atom. The van der Waals surface area contributed by atoms with Crippen LogP contribution in [0.4, 0.5) is 5.69 Å². The first kappa shape index (κ1) is 15.1. The molecule has 1 amide bonds. The van der Waals surface area contributed by atoms with Gasteiger partial charge in [0.25, 0.3) is 5.91 Å². The minimum Gasteiger partial charge on any atom is -0.483 e. The van der Waals surface area contributed by atoms with Gasteiger partial charge in [-0.1, -0.05) is 24.3 Å². The van der Waals surface area contributed by atoms with Crippen molar-refractivity contribution in [2.75, 3.05) is 11.9 Å². The maximum atomic E-state index is 12.0. The summed E-state index contributed by atoms with van der Waals surface area (Å²) in [6.07, 6.45) is 0.